The Hall–Kier alpha value is -3.01. The number of ether oxygens (including phenoxy) is 1. The van der Waals surface area contributed by atoms with Gasteiger partial charge in [-0.3, -0.25) is 9.59 Å². The maximum Gasteiger partial charge on any atom is 0.241 e. The van der Waals surface area contributed by atoms with Crippen LogP contribution in [0.3, 0.4) is 0 Å². The van der Waals surface area contributed by atoms with Crippen LogP contribution in [0.1, 0.15) is 45.8 Å². The molecule has 0 unspecified atom stereocenters. The van der Waals surface area contributed by atoms with Crippen LogP contribution in [0.4, 0.5) is 0 Å². The largest absolute Gasteiger partial charge is 0.497 e. The van der Waals surface area contributed by atoms with E-state index in [2.05, 4.69) is 10.0 Å². The third-order valence-corrected chi connectivity index (χ3v) is 7.58. The van der Waals surface area contributed by atoms with Gasteiger partial charge < -0.3 is 15.2 Å². The lowest BCUT2D eigenvalue weighted by Crippen LogP contribution is -2.52. The summed E-state index contributed by atoms with van der Waals surface area (Å²) in [6.45, 7) is 7.42. The molecule has 0 heterocycles. The van der Waals surface area contributed by atoms with Crippen LogP contribution in [0, 0.1) is 11.8 Å². The van der Waals surface area contributed by atoms with E-state index in [-0.39, 0.29) is 34.1 Å². The maximum absolute atomic E-state index is 13.3. The highest BCUT2D eigenvalue weighted by molar-refractivity contribution is 7.89. The highest BCUT2D eigenvalue weighted by Crippen LogP contribution is 2.33. The first kappa shape index (κ1) is 27.6. The molecule has 0 radical (unpaired) electrons. The van der Waals surface area contributed by atoms with Gasteiger partial charge in [-0.05, 0) is 48.1 Å². The quantitative estimate of drug-likeness (QED) is 0.341. The van der Waals surface area contributed by atoms with Crippen molar-refractivity contribution in [3.05, 3.63) is 70.4 Å². The Balaban J connectivity index is 1.80. The zero-order chi connectivity index (χ0) is 26.6. The summed E-state index contributed by atoms with van der Waals surface area (Å²) in [7, 11) is -2.52. The van der Waals surface area contributed by atoms with E-state index in [4.69, 9.17) is 4.74 Å². The molecule has 36 heavy (non-hydrogen) atoms. The molecule has 0 aliphatic heterocycles. The van der Waals surface area contributed by atoms with Gasteiger partial charge in [-0.15, -0.1) is 0 Å². The van der Waals surface area contributed by atoms with Crippen LogP contribution in [-0.4, -0.2) is 38.6 Å². The molecular formula is C27H34N2O6S. The van der Waals surface area contributed by atoms with E-state index in [1.54, 1.807) is 12.1 Å². The standard InChI is InChI=1S/C27H34N2O6S/c1-16(2)15-21(29-36(33,34)20-13-11-19(35-5)12-14-20)27(32)28-24(17(3)4)26(31)23-22(25(23)30)18-9-7-6-8-10-18/h6-14,16-17,21,24,26,29,31H,15H2,1-5H3,(H,28,32)/t21-,24-,26-/m0/s1. The fourth-order valence-corrected chi connectivity index (χ4v) is 5.31. The molecule has 3 rings (SSSR count). The van der Waals surface area contributed by atoms with Crippen LogP contribution in [-0.2, 0) is 14.8 Å². The number of carbonyl (C=O) groups is 1. The lowest BCUT2D eigenvalue weighted by atomic mass is 9.95. The summed E-state index contributed by atoms with van der Waals surface area (Å²) < 4.78 is 33.6. The first-order valence-corrected chi connectivity index (χ1v) is 13.4. The molecule has 8 nitrogen and oxygen atoms in total. The van der Waals surface area contributed by atoms with Crippen molar-refractivity contribution < 1.29 is 23.1 Å². The molecule has 0 bridgehead atoms. The lowest BCUT2D eigenvalue weighted by molar-refractivity contribution is -0.125. The van der Waals surface area contributed by atoms with Crippen LogP contribution in [0.2, 0.25) is 0 Å². The molecule has 3 aromatic carbocycles. The van der Waals surface area contributed by atoms with Gasteiger partial charge in [-0.2, -0.15) is 4.72 Å². The fraction of sp³-hybridized carbons (Fsp3) is 0.407. The van der Waals surface area contributed by atoms with E-state index < -0.39 is 34.1 Å². The van der Waals surface area contributed by atoms with Gasteiger partial charge >= 0.3 is 0 Å². The van der Waals surface area contributed by atoms with E-state index >= 15 is 0 Å². The van der Waals surface area contributed by atoms with Gasteiger partial charge in [-0.25, -0.2) is 8.42 Å². The van der Waals surface area contributed by atoms with Gasteiger partial charge in [0.15, 0.2) is 5.43 Å². The molecule has 0 aliphatic carbocycles. The summed E-state index contributed by atoms with van der Waals surface area (Å²) in [6.07, 6.45) is -0.964. The molecule has 9 heteroatoms. The SMILES string of the molecule is COc1ccc(S(=O)(=O)N[C@@H](CC(C)C)C(=O)N[C@@H](C(C)C)[C@@H](O)c2c(-c3ccccc3)c2=O)cc1. The number of hydrogen-bond acceptors (Lipinski definition) is 6. The number of rotatable bonds is 12. The van der Waals surface area contributed by atoms with Crippen molar-refractivity contribution >= 4 is 15.9 Å². The van der Waals surface area contributed by atoms with Crippen molar-refractivity contribution in [2.24, 2.45) is 11.8 Å². The Labute approximate surface area is 212 Å². The van der Waals surface area contributed by atoms with Gasteiger partial charge in [0, 0.05) is 11.1 Å². The van der Waals surface area contributed by atoms with Crippen LogP contribution >= 0.6 is 0 Å². The number of carbonyl (C=O) groups excluding carboxylic acids is 1. The monoisotopic (exact) mass is 514 g/mol. The normalized spacial score (nSPS) is 14.7. The second-order valence-electron chi connectivity index (χ2n) is 9.69. The van der Waals surface area contributed by atoms with Crippen molar-refractivity contribution in [2.75, 3.05) is 7.11 Å². The lowest BCUT2D eigenvalue weighted by Gasteiger charge is -2.29. The summed E-state index contributed by atoms with van der Waals surface area (Å²) in [6, 6.07) is 13.1. The molecule has 0 fully saturated rings. The summed E-state index contributed by atoms with van der Waals surface area (Å²) >= 11 is 0. The summed E-state index contributed by atoms with van der Waals surface area (Å²) in [5.74, 6) is -0.259. The molecule has 0 aliphatic rings. The highest BCUT2D eigenvalue weighted by Gasteiger charge is 2.38. The molecule has 0 saturated heterocycles. The number of sulfonamides is 1. The third kappa shape index (κ3) is 6.40. The molecule has 0 aromatic heterocycles. The Bertz CT molecular complexity index is 1280. The van der Waals surface area contributed by atoms with Crippen LogP contribution in [0.25, 0.3) is 11.1 Å². The third-order valence-electron chi connectivity index (χ3n) is 6.09. The zero-order valence-corrected chi connectivity index (χ0v) is 22.0. The molecule has 194 valence electrons. The minimum absolute atomic E-state index is 0.00605. The van der Waals surface area contributed by atoms with Gasteiger partial charge in [0.25, 0.3) is 0 Å². The number of nitrogens with one attached hydrogen (secondary N) is 2. The molecule has 0 spiro atoms. The molecular weight excluding hydrogens is 480 g/mol. The van der Waals surface area contributed by atoms with E-state index in [9.17, 15) is 23.1 Å². The number of methoxy groups -OCH3 is 1. The molecule has 1 amide bonds. The topological polar surface area (TPSA) is 122 Å². The number of benzene rings is 2. The van der Waals surface area contributed by atoms with E-state index in [1.165, 1.54) is 31.4 Å². The van der Waals surface area contributed by atoms with Gasteiger partial charge in [0.2, 0.25) is 15.9 Å². The van der Waals surface area contributed by atoms with Gasteiger partial charge in [0.05, 0.1) is 18.0 Å². The summed E-state index contributed by atoms with van der Waals surface area (Å²) in [5.41, 5.74) is 1.23. The Morgan fingerprint density at radius 3 is 2.14 bits per heavy atom. The van der Waals surface area contributed by atoms with E-state index in [1.807, 2.05) is 45.9 Å². The molecule has 0 saturated carbocycles. The Morgan fingerprint density at radius 1 is 1.00 bits per heavy atom. The first-order chi connectivity index (χ1) is 17.0. The molecule has 3 atom stereocenters. The fourth-order valence-electron chi connectivity index (χ4n) is 4.10. The zero-order valence-electron chi connectivity index (χ0n) is 21.2. The number of amides is 1. The number of aliphatic hydroxyl groups excluding tert-OH is 1. The number of aliphatic hydroxyl groups is 1. The van der Waals surface area contributed by atoms with Crippen molar-refractivity contribution in [2.45, 2.75) is 57.2 Å². The molecule has 3 N–H and O–H groups in total. The summed E-state index contributed by atoms with van der Waals surface area (Å²) in [5, 5.41) is 13.9. The van der Waals surface area contributed by atoms with Crippen LogP contribution in [0.15, 0.2) is 64.3 Å². The minimum atomic E-state index is -4.00. The van der Waals surface area contributed by atoms with Crippen molar-refractivity contribution in [1.82, 2.24) is 10.0 Å². The van der Waals surface area contributed by atoms with Crippen molar-refractivity contribution in [3.63, 3.8) is 0 Å². The number of hydrogen-bond donors (Lipinski definition) is 3. The molecule has 3 aromatic rings. The Kier molecular flexibility index (Phi) is 8.71. The predicted octanol–water partition coefficient (Wildman–Crippen LogP) is 3.17. The van der Waals surface area contributed by atoms with E-state index in [0.717, 1.165) is 5.56 Å². The average molecular weight is 515 g/mol. The van der Waals surface area contributed by atoms with Gasteiger partial charge in [0.1, 0.15) is 17.9 Å². The van der Waals surface area contributed by atoms with Crippen LogP contribution in [0.5, 0.6) is 5.75 Å². The second-order valence-corrected chi connectivity index (χ2v) is 11.4. The Morgan fingerprint density at radius 2 is 1.61 bits per heavy atom. The predicted molar refractivity (Wildman–Crippen MR) is 139 cm³/mol. The van der Waals surface area contributed by atoms with Crippen LogP contribution < -0.4 is 20.2 Å². The smallest absolute Gasteiger partial charge is 0.241 e. The summed E-state index contributed by atoms with van der Waals surface area (Å²) in [4.78, 5) is 25.8. The van der Waals surface area contributed by atoms with Crippen molar-refractivity contribution in [1.29, 1.82) is 0 Å². The highest BCUT2D eigenvalue weighted by atomic mass is 32.2. The van der Waals surface area contributed by atoms with Crippen molar-refractivity contribution in [3.8, 4) is 16.9 Å². The van der Waals surface area contributed by atoms with E-state index in [0.29, 0.717) is 11.3 Å². The second kappa shape index (κ2) is 11.4. The first-order valence-electron chi connectivity index (χ1n) is 11.9. The maximum atomic E-state index is 13.3. The average Bonchev–Trinajstić information content (AvgIpc) is 3.52. The minimum Gasteiger partial charge on any atom is -0.497 e. The van der Waals surface area contributed by atoms with Gasteiger partial charge in [-0.1, -0.05) is 58.0 Å².